The largest absolute Gasteiger partial charge is 0.480 e. The molecule has 0 aromatic rings. The summed E-state index contributed by atoms with van der Waals surface area (Å²) in [4.78, 5) is 26.3. The van der Waals surface area contributed by atoms with Crippen LogP contribution >= 0.6 is 0 Å². The summed E-state index contributed by atoms with van der Waals surface area (Å²) in [7, 11) is -0.956. The second-order valence-corrected chi connectivity index (χ2v) is 6.83. The molecule has 1 aliphatic heterocycles. The Morgan fingerprint density at radius 1 is 1.25 bits per heavy atom. The second-order valence-electron chi connectivity index (χ2n) is 5.03. The van der Waals surface area contributed by atoms with Crippen LogP contribution in [0.3, 0.4) is 0 Å². The average Bonchev–Trinajstić information content (AvgIpc) is 2.43. The minimum Gasteiger partial charge on any atom is -0.480 e. The van der Waals surface area contributed by atoms with Gasteiger partial charge in [-0.15, -0.1) is 0 Å². The summed E-state index contributed by atoms with van der Waals surface area (Å²) in [5.41, 5.74) is 0. The first-order valence-corrected chi connectivity index (χ1v) is 8.27. The quantitative estimate of drug-likeness (QED) is 0.718. The van der Waals surface area contributed by atoms with Gasteiger partial charge in [-0.3, -0.25) is 13.9 Å². The van der Waals surface area contributed by atoms with Gasteiger partial charge in [0.25, 0.3) is 0 Å². The Balaban J connectivity index is 2.36. The number of urea groups is 1. The first-order chi connectivity index (χ1) is 9.32. The number of amides is 2. The third-order valence-corrected chi connectivity index (χ3v) is 4.91. The van der Waals surface area contributed by atoms with E-state index >= 15 is 0 Å². The van der Waals surface area contributed by atoms with Gasteiger partial charge in [-0.25, -0.2) is 4.79 Å². The van der Waals surface area contributed by atoms with Crippen molar-refractivity contribution in [2.45, 2.75) is 25.1 Å². The number of piperazine rings is 1. The van der Waals surface area contributed by atoms with Crippen molar-refractivity contribution in [3.05, 3.63) is 0 Å². The molecule has 2 amide bonds. The second kappa shape index (κ2) is 7.58. The topological polar surface area (TPSA) is 89.9 Å². The van der Waals surface area contributed by atoms with Crippen LogP contribution in [0.1, 0.15) is 13.8 Å². The van der Waals surface area contributed by atoms with Gasteiger partial charge in [0.15, 0.2) is 0 Å². The number of carbonyl (C=O) groups excluding carboxylic acids is 1. The summed E-state index contributed by atoms with van der Waals surface area (Å²) in [6.45, 7) is 5.97. The molecule has 1 heterocycles. The van der Waals surface area contributed by atoms with Crippen LogP contribution < -0.4 is 5.32 Å². The van der Waals surface area contributed by atoms with Crippen LogP contribution in [-0.2, 0) is 15.6 Å². The van der Waals surface area contributed by atoms with E-state index in [0.29, 0.717) is 32.7 Å². The fourth-order valence-electron chi connectivity index (χ4n) is 1.93. The molecule has 20 heavy (non-hydrogen) atoms. The third kappa shape index (κ3) is 4.75. The van der Waals surface area contributed by atoms with Crippen LogP contribution in [0.25, 0.3) is 0 Å². The average molecular weight is 305 g/mol. The van der Waals surface area contributed by atoms with E-state index < -0.39 is 22.8 Å². The van der Waals surface area contributed by atoms with Gasteiger partial charge in [0, 0.05) is 55.0 Å². The SMILES string of the molecule is CC(C(=O)O)N1CCN(C(=O)NCC(C)S(C)=O)CC1. The predicted molar refractivity (Wildman–Crippen MR) is 77.2 cm³/mol. The van der Waals surface area contributed by atoms with Gasteiger partial charge in [0.1, 0.15) is 6.04 Å². The molecule has 116 valence electrons. The lowest BCUT2D eigenvalue weighted by molar-refractivity contribution is -0.143. The Morgan fingerprint density at radius 2 is 1.80 bits per heavy atom. The molecule has 1 fully saturated rings. The summed E-state index contributed by atoms with van der Waals surface area (Å²) >= 11 is 0. The minimum absolute atomic E-state index is 0.0766. The van der Waals surface area contributed by atoms with E-state index in [9.17, 15) is 13.8 Å². The molecular weight excluding hydrogens is 282 g/mol. The zero-order valence-electron chi connectivity index (χ0n) is 12.2. The monoisotopic (exact) mass is 305 g/mol. The molecular formula is C12H23N3O4S. The van der Waals surface area contributed by atoms with Gasteiger partial charge in [-0.1, -0.05) is 0 Å². The molecule has 1 rings (SSSR count). The fourth-order valence-corrected chi connectivity index (χ4v) is 2.25. The van der Waals surface area contributed by atoms with Crippen molar-refractivity contribution >= 4 is 22.8 Å². The van der Waals surface area contributed by atoms with Crippen LogP contribution in [-0.4, -0.2) is 81.4 Å². The van der Waals surface area contributed by atoms with Crippen LogP contribution in [0.15, 0.2) is 0 Å². The normalized spacial score (nSPS) is 21.1. The van der Waals surface area contributed by atoms with E-state index in [1.807, 2.05) is 11.8 Å². The van der Waals surface area contributed by atoms with Crippen molar-refractivity contribution in [2.75, 3.05) is 39.0 Å². The first kappa shape index (κ1) is 16.9. The molecule has 0 aromatic carbocycles. The third-order valence-electron chi connectivity index (χ3n) is 3.61. The smallest absolute Gasteiger partial charge is 0.320 e. The lowest BCUT2D eigenvalue weighted by atomic mass is 10.2. The van der Waals surface area contributed by atoms with E-state index in [4.69, 9.17) is 5.11 Å². The van der Waals surface area contributed by atoms with E-state index in [0.717, 1.165) is 0 Å². The Bertz CT molecular complexity index is 383. The number of hydrogen-bond donors (Lipinski definition) is 2. The standard InChI is InChI=1S/C12H23N3O4S/c1-9(20(3)19)8-13-12(18)15-6-4-14(5-7-15)10(2)11(16)17/h9-10H,4-8H2,1-3H3,(H,13,18)(H,16,17). The summed E-state index contributed by atoms with van der Waals surface area (Å²) in [6.07, 6.45) is 1.61. The minimum atomic E-state index is -0.956. The zero-order chi connectivity index (χ0) is 15.3. The molecule has 1 saturated heterocycles. The summed E-state index contributed by atoms with van der Waals surface area (Å²) in [5.74, 6) is -0.845. The van der Waals surface area contributed by atoms with Crippen molar-refractivity contribution in [3.8, 4) is 0 Å². The number of carboxylic acid groups (broad SMARTS) is 1. The van der Waals surface area contributed by atoms with Crippen LogP contribution in [0, 0.1) is 0 Å². The zero-order valence-corrected chi connectivity index (χ0v) is 13.0. The highest BCUT2D eigenvalue weighted by Crippen LogP contribution is 2.06. The highest BCUT2D eigenvalue weighted by Gasteiger charge is 2.27. The Hall–Kier alpha value is -1.15. The fraction of sp³-hybridized carbons (Fsp3) is 0.833. The molecule has 0 aliphatic carbocycles. The molecule has 3 atom stereocenters. The number of aliphatic carboxylic acids is 1. The van der Waals surface area contributed by atoms with Crippen molar-refractivity contribution in [1.29, 1.82) is 0 Å². The van der Waals surface area contributed by atoms with Crippen LogP contribution in [0.4, 0.5) is 4.79 Å². The number of carboxylic acids is 1. The van der Waals surface area contributed by atoms with E-state index in [1.165, 1.54) is 0 Å². The van der Waals surface area contributed by atoms with E-state index in [1.54, 1.807) is 18.1 Å². The summed E-state index contributed by atoms with van der Waals surface area (Å²) < 4.78 is 11.2. The molecule has 0 aromatic heterocycles. The van der Waals surface area contributed by atoms with Gasteiger partial charge in [-0.05, 0) is 13.8 Å². The van der Waals surface area contributed by atoms with E-state index in [-0.39, 0.29) is 11.3 Å². The molecule has 1 aliphatic rings. The maximum Gasteiger partial charge on any atom is 0.320 e. The molecule has 7 nitrogen and oxygen atoms in total. The number of carbonyl (C=O) groups is 2. The summed E-state index contributed by atoms with van der Waals surface area (Å²) in [5, 5.41) is 11.6. The van der Waals surface area contributed by atoms with Gasteiger partial charge >= 0.3 is 12.0 Å². The van der Waals surface area contributed by atoms with Gasteiger partial charge in [0.05, 0.1) is 0 Å². The molecule has 0 bridgehead atoms. The number of nitrogens with zero attached hydrogens (tertiary/aromatic N) is 2. The van der Waals surface area contributed by atoms with Gasteiger partial charge < -0.3 is 15.3 Å². The predicted octanol–water partition coefficient (Wildman–Crippen LogP) is -0.446. The Morgan fingerprint density at radius 3 is 2.25 bits per heavy atom. The lowest BCUT2D eigenvalue weighted by Crippen LogP contribution is -2.55. The Kier molecular flexibility index (Phi) is 6.41. The van der Waals surface area contributed by atoms with Crippen molar-refractivity contribution in [2.24, 2.45) is 0 Å². The molecule has 0 spiro atoms. The molecule has 0 saturated carbocycles. The van der Waals surface area contributed by atoms with E-state index in [2.05, 4.69) is 5.32 Å². The van der Waals surface area contributed by atoms with Crippen LogP contribution in [0.5, 0.6) is 0 Å². The highest BCUT2D eigenvalue weighted by atomic mass is 32.2. The highest BCUT2D eigenvalue weighted by molar-refractivity contribution is 7.84. The summed E-state index contributed by atoms with van der Waals surface area (Å²) in [6, 6.07) is -0.701. The molecule has 2 N–H and O–H groups in total. The number of rotatable bonds is 5. The van der Waals surface area contributed by atoms with Crippen molar-refractivity contribution in [1.82, 2.24) is 15.1 Å². The van der Waals surface area contributed by atoms with Crippen molar-refractivity contribution in [3.63, 3.8) is 0 Å². The van der Waals surface area contributed by atoms with Gasteiger partial charge in [0.2, 0.25) is 0 Å². The lowest BCUT2D eigenvalue weighted by Gasteiger charge is -2.36. The number of hydrogen-bond acceptors (Lipinski definition) is 4. The molecule has 0 radical (unpaired) electrons. The maximum absolute atomic E-state index is 11.9. The first-order valence-electron chi connectivity index (χ1n) is 6.64. The van der Waals surface area contributed by atoms with Crippen molar-refractivity contribution < 1.29 is 18.9 Å². The number of nitrogens with one attached hydrogen (secondary N) is 1. The maximum atomic E-state index is 11.9. The van der Waals surface area contributed by atoms with Gasteiger partial charge in [-0.2, -0.15) is 0 Å². The molecule has 3 unspecified atom stereocenters. The Labute approximate surface area is 121 Å². The van der Waals surface area contributed by atoms with Crippen LogP contribution in [0.2, 0.25) is 0 Å². The molecule has 8 heteroatoms.